The van der Waals surface area contributed by atoms with Gasteiger partial charge in [-0.1, -0.05) is 0 Å². The second kappa shape index (κ2) is 6.27. The largest absolute Gasteiger partial charge is 0.493 e. The van der Waals surface area contributed by atoms with Gasteiger partial charge in [0.25, 0.3) is 0 Å². The average Bonchev–Trinajstić information content (AvgIpc) is 2.94. The number of carbonyl (C=O) groups excluding carboxylic acids is 1. The molecule has 0 atom stereocenters. The molecule has 20 heavy (non-hydrogen) atoms. The van der Waals surface area contributed by atoms with Gasteiger partial charge in [0.05, 0.1) is 6.61 Å². The Bertz CT molecular complexity index is 481. The van der Waals surface area contributed by atoms with E-state index in [-0.39, 0.29) is 5.91 Å². The lowest BCUT2D eigenvalue weighted by Gasteiger charge is -2.22. The molecule has 1 fully saturated rings. The Morgan fingerprint density at radius 3 is 3.05 bits per heavy atom. The predicted molar refractivity (Wildman–Crippen MR) is 79.1 cm³/mol. The van der Waals surface area contributed by atoms with Crippen LogP contribution >= 0.6 is 0 Å². The van der Waals surface area contributed by atoms with E-state index in [4.69, 9.17) is 4.74 Å². The molecule has 0 radical (unpaired) electrons. The zero-order valence-electron chi connectivity index (χ0n) is 11.8. The molecule has 4 heteroatoms. The van der Waals surface area contributed by atoms with Crippen LogP contribution in [0.15, 0.2) is 18.2 Å². The zero-order valence-corrected chi connectivity index (χ0v) is 11.8. The second-order valence-electron chi connectivity index (χ2n) is 5.70. The van der Waals surface area contributed by atoms with Crippen molar-refractivity contribution in [2.24, 2.45) is 5.92 Å². The first-order chi connectivity index (χ1) is 9.81. The van der Waals surface area contributed by atoms with Gasteiger partial charge in [0.1, 0.15) is 5.75 Å². The van der Waals surface area contributed by atoms with Crippen LogP contribution in [0, 0.1) is 5.92 Å². The highest BCUT2D eigenvalue weighted by atomic mass is 16.5. The monoisotopic (exact) mass is 274 g/mol. The molecule has 1 aromatic carbocycles. The molecular weight excluding hydrogens is 252 g/mol. The van der Waals surface area contributed by atoms with Crippen molar-refractivity contribution in [1.29, 1.82) is 0 Å². The van der Waals surface area contributed by atoms with Gasteiger partial charge in [0, 0.05) is 18.5 Å². The highest BCUT2D eigenvalue weighted by Crippen LogP contribution is 2.28. The van der Waals surface area contributed by atoms with Gasteiger partial charge in [0.2, 0.25) is 5.91 Å². The molecule has 1 saturated heterocycles. The summed E-state index contributed by atoms with van der Waals surface area (Å²) in [6, 6.07) is 5.90. The zero-order chi connectivity index (χ0) is 13.8. The Balaban J connectivity index is 1.48. The van der Waals surface area contributed by atoms with Crippen LogP contribution in [-0.2, 0) is 11.2 Å². The number of ether oxygens (including phenoxy) is 1. The highest BCUT2D eigenvalue weighted by Gasteiger charge is 2.16. The molecule has 0 spiro atoms. The molecule has 0 unspecified atom stereocenters. The van der Waals surface area contributed by atoms with E-state index in [0.29, 0.717) is 12.3 Å². The molecule has 2 N–H and O–H groups in total. The Labute approximate surface area is 119 Å². The standard InChI is InChI=1S/C16H22N2O2/c19-16(4-1-12-5-8-17-9-6-12)18-14-2-3-15-13(11-14)7-10-20-15/h2-3,11-12,17H,1,4-10H2,(H,18,19). The minimum Gasteiger partial charge on any atom is -0.493 e. The highest BCUT2D eigenvalue weighted by molar-refractivity contribution is 5.90. The summed E-state index contributed by atoms with van der Waals surface area (Å²) < 4.78 is 5.47. The number of anilines is 1. The van der Waals surface area contributed by atoms with Gasteiger partial charge in [-0.2, -0.15) is 0 Å². The summed E-state index contributed by atoms with van der Waals surface area (Å²) in [6.45, 7) is 2.94. The number of hydrogen-bond acceptors (Lipinski definition) is 3. The maximum atomic E-state index is 12.0. The molecule has 2 heterocycles. The van der Waals surface area contributed by atoms with Crippen LogP contribution in [0.5, 0.6) is 5.75 Å². The summed E-state index contributed by atoms with van der Waals surface area (Å²) in [4.78, 5) is 12.0. The first-order valence-electron chi connectivity index (χ1n) is 7.57. The van der Waals surface area contributed by atoms with Crippen LogP contribution in [0.3, 0.4) is 0 Å². The van der Waals surface area contributed by atoms with Crippen molar-refractivity contribution in [3.05, 3.63) is 23.8 Å². The van der Waals surface area contributed by atoms with Crippen molar-refractivity contribution in [1.82, 2.24) is 5.32 Å². The maximum Gasteiger partial charge on any atom is 0.224 e. The molecular formula is C16H22N2O2. The maximum absolute atomic E-state index is 12.0. The third-order valence-electron chi connectivity index (χ3n) is 4.21. The summed E-state index contributed by atoms with van der Waals surface area (Å²) in [6.07, 6.45) is 4.96. The molecule has 108 valence electrons. The SMILES string of the molecule is O=C(CCC1CCNCC1)Nc1ccc2c(c1)CCO2. The summed E-state index contributed by atoms with van der Waals surface area (Å²) >= 11 is 0. The molecule has 0 saturated carbocycles. The van der Waals surface area contributed by atoms with Gasteiger partial charge >= 0.3 is 0 Å². The summed E-state index contributed by atoms with van der Waals surface area (Å²) in [5.41, 5.74) is 2.09. The third-order valence-corrected chi connectivity index (χ3v) is 4.21. The number of piperidine rings is 1. The first-order valence-corrected chi connectivity index (χ1v) is 7.57. The number of hydrogen-bond donors (Lipinski definition) is 2. The molecule has 0 bridgehead atoms. The predicted octanol–water partition coefficient (Wildman–Crippen LogP) is 2.34. The fraction of sp³-hybridized carbons (Fsp3) is 0.562. The molecule has 2 aliphatic rings. The number of carbonyl (C=O) groups is 1. The van der Waals surface area contributed by atoms with Crippen LogP contribution in [0.25, 0.3) is 0 Å². The van der Waals surface area contributed by atoms with E-state index >= 15 is 0 Å². The molecule has 4 nitrogen and oxygen atoms in total. The Morgan fingerprint density at radius 1 is 1.35 bits per heavy atom. The average molecular weight is 274 g/mol. The minimum absolute atomic E-state index is 0.127. The lowest BCUT2D eigenvalue weighted by atomic mass is 9.93. The van der Waals surface area contributed by atoms with Gasteiger partial charge in [-0.25, -0.2) is 0 Å². The van der Waals surface area contributed by atoms with E-state index in [0.717, 1.165) is 44.0 Å². The van der Waals surface area contributed by atoms with Crippen LogP contribution in [0.1, 0.15) is 31.2 Å². The van der Waals surface area contributed by atoms with Crippen molar-refractivity contribution in [3.8, 4) is 5.75 Å². The molecule has 0 aromatic heterocycles. The Morgan fingerprint density at radius 2 is 2.20 bits per heavy atom. The fourth-order valence-electron chi connectivity index (χ4n) is 2.99. The third kappa shape index (κ3) is 3.31. The van der Waals surface area contributed by atoms with Crippen molar-refractivity contribution in [2.45, 2.75) is 32.1 Å². The molecule has 1 aromatic rings. The number of rotatable bonds is 4. The van der Waals surface area contributed by atoms with Crippen LogP contribution < -0.4 is 15.4 Å². The van der Waals surface area contributed by atoms with Crippen molar-refractivity contribution < 1.29 is 9.53 Å². The summed E-state index contributed by atoms with van der Waals surface area (Å²) in [7, 11) is 0. The van der Waals surface area contributed by atoms with E-state index < -0.39 is 0 Å². The van der Waals surface area contributed by atoms with Crippen LogP contribution in [0.4, 0.5) is 5.69 Å². The number of fused-ring (bicyclic) bond motifs is 1. The van der Waals surface area contributed by atoms with Gasteiger partial charge in [-0.15, -0.1) is 0 Å². The molecule has 1 amide bonds. The van der Waals surface area contributed by atoms with Crippen molar-refractivity contribution in [3.63, 3.8) is 0 Å². The van der Waals surface area contributed by atoms with Crippen LogP contribution in [0.2, 0.25) is 0 Å². The van der Waals surface area contributed by atoms with Gasteiger partial charge in [-0.05, 0) is 62.0 Å². The van der Waals surface area contributed by atoms with Gasteiger partial charge in [0.15, 0.2) is 0 Å². The lowest BCUT2D eigenvalue weighted by Crippen LogP contribution is -2.28. The van der Waals surface area contributed by atoms with E-state index in [1.54, 1.807) is 0 Å². The number of amides is 1. The van der Waals surface area contributed by atoms with Crippen molar-refractivity contribution >= 4 is 11.6 Å². The van der Waals surface area contributed by atoms with E-state index in [9.17, 15) is 4.79 Å². The Hall–Kier alpha value is -1.55. The quantitative estimate of drug-likeness (QED) is 0.886. The van der Waals surface area contributed by atoms with Crippen LogP contribution in [-0.4, -0.2) is 25.6 Å². The Kier molecular flexibility index (Phi) is 4.21. The number of benzene rings is 1. The smallest absolute Gasteiger partial charge is 0.224 e. The minimum atomic E-state index is 0.127. The summed E-state index contributed by atoms with van der Waals surface area (Å²) in [5.74, 6) is 1.79. The fourth-order valence-corrected chi connectivity index (χ4v) is 2.99. The number of nitrogens with one attached hydrogen (secondary N) is 2. The lowest BCUT2D eigenvalue weighted by molar-refractivity contribution is -0.116. The van der Waals surface area contributed by atoms with Gasteiger partial charge in [-0.3, -0.25) is 4.79 Å². The second-order valence-corrected chi connectivity index (χ2v) is 5.70. The van der Waals surface area contributed by atoms with Crippen molar-refractivity contribution in [2.75, 3.05) is 25.0 Å². The van der Waals surface area contributed by atoms with Gasteiger partial charge < -0.3 is 15.4 Å². The van der Waals surface area contributed by atoms with E-state index in [1.807, 2.05) is 18.2 Å². The normalized spacial score (nSPS) is 18.4. The van der Waals surface area contributed by atoms with E-state index in [1.165, 1.54) is 18.4 Å². The molecule has 0 aliphatic carbocycles. The molecule has 2 aliphatic heterocycles. The molecule has 3 rings (SSSR count). The first kappa shape index (κ1) is 13.4. The topological polar surface area (TPSA) is 50.4 Å². The summed E-state index contributed by atoms with van der Waals surface area (Å²) in [5, 5.41) is 6.35. The van der Waals surface area contributed by atoms with E-state index in [2.05, 4.69) is 10.6 Å².